The number of fused-ring (bicyclic) bond motifs is 3. The van der Waals surface area contributed by atoms with E-state index in [0.717, 1.165) is 11.6 Å². The van der Waals surface area contributed by atoms with Crippen LogP contribution < -0.4 is 0 Å². The molecule has 1 aliphatic carbocycles. The minimum Gasteiger partial charge on any atom is -0.258 e. The summed E-state index contributed by atoms with van der Waals surface area (Å²) in [5, 5.41) is 34.6. The molecule has 0 atom stereocenters. The monoisotopic (exact) mass is 432 g/mol. The summed E-state index contributed by atoms with van der Waals surface area (Å²) in [6, 6.07) is 13.4. The van der Waals surface area contributed by atoms with Gasteiger partial charge in [-0.05, 0) is 29.2 Å². The Morgan fingerprint density at radius 3 is 2.03 bits per heavy atom. The highest BCUT2D eigenvalue weighted by atomic mass is 16.6. The summed E-state index contributed by atoms with van der Waals surface area (Å²) in [5.41, 5.74) is 1.62. The smallest absolute Gasteiger partial charge is 0.258 e. The van der Waals surface area contributed by atoms with Gasteiger partial charge in [-0.1, -0.05) is 32.0 Å². The molecular formula is C22H16N4O6. The standard InChI is InChI=1S/C22H16N4O6/c1-12(2)15-5-3-4-6-19(15)23-22-17-9-13(24(27)28)7-8-16(17)21-18(22)10-14(25(29)30)11-20(21)26(31)32/h3-12H,1-2H3. The number of hydrogen-bond donors (Lipinski definition) is 0. The second-order valence-corrected chi connectivity index (χ2v) is 7.56. The van der Waals surface area contributed by atoms with Crippen molar-refractivity contribution in [3.05, 3.63) is 102 Å². The van der Waals surface area contributed by atoms with Gasteiger partial charge in [0.05, 0.1) is 37.8 Å². The minimum absolute atomic E-state index is 0.112. The Hall–Kier alpha value is -4.47. The van der Waals surface area contributed by atoms with E-state index in [1.165, 1.54) is 24.3 Å². The minimum atomic E-state index is -0.710. The molecule has 0 saturated heterocycles. The highest BCUT2D eigenvalue weighted by Gasteiger charge is 2.36. The first-order chi connectivity index (χ1) is 15.2. The van der Waals surface area contributed by atoms with Crippen LogP contribution in [0.4, 0.5) is 22.7 Å². The largest absolute Gasteiger partial charge is 0.284 e. The van der Waals surface area contributed by atoms with E-state index in [2.05, 4.69) is 0 Å². The molecule has 0 fully saturated rings. The quantitative estimate of drug-likeness (QED) is 0.293. The van der Waals surface area contributed by atoms with Crippen LogP contribution in [0.15, 0.2) is 59.6 Å². The van der Waals surface area contributed by atoms with E-state index in [0.29, 0.717) is 16.8 Å². The van der Waals surface area contributed by atoms with Crippen LogP contribution in [0, 0.1) is 30.3 Å². The Balaban J connectivity index is 2.10. The highest BCUT2D eigenvalue weighted by Crippen LogP contribution is 2.46. The number of non-ortho nitro benzene ring substituents is 2. The second-order valence-electron chi connectivity index (χ2n) is 7.56. The first-order valence-electron chi connectivity index (χ1n) is 9.63. The van der Waals surface area contributed by atoms with E-state index in [1.807, 2.05) is 26.0 Å². The van der Waals surface area contributed by atoms with Gasteiger partial charge >= 0.3 is 0 Å². The fraction of sp³-hybridized carbons (Fsp3) is 0.136. The van der Waals surface area contributed by atoms with Crippen LogP contribution in [-0.2, 0) is 0 Å². The molecule has 10 nitrogen and oxygen atoms in total. The van der Waals surface area contributed by atoms with Gasteiger partial charge in [0.25, 0.3) is 17.1 Å². The lowest BCUT2D eigenvalue weighted by Crippen LogP contribution is -2.02. The third-order valence-corrected chi connectivity index (χ3v) is 5.29. The van der Waals surface area contributed by atoms with Crippen LogP contribution in [0.3, 0.4) is 0 Å². The fourth-order valence-electron chi connectivity index (χ4n) is 3.85. The van der Waals surface area contributed by atoms with Gasteiger partial charge in [-0.2, -0.15) is 0 Å². The molecule has 0 radical (unpaired) electrons. The zero-order chi connectivity index (χ0) is 23.2. The topological polar surface area (TPSA) is 142 Å². The zero-order valence-electron chi connectivity index (χ0n) is 17.0. The SMILES string of the molecule is CC(C)c1ccccc1N=C1c2cc([N+](=O)[O-])ccc2-c2c1cc([N+](=O)[O-])cc2[N+](=O)[O-]. The molecule has 0 spiro atoms. The van der Waals surface area contributed by atoms with Gasteiger partial charge in [0.15, 0.2) is 0 Å². The van der Waals surface area contributed by atoms with E-state index in [4.69, 9.17) is 4.99 Å². The number of para-hydroxylation sites is 1. The van der Waals surface area contributed by atoms with Gasteiger partial charge in [0.2, 0.25) is 0 Å². The summed E-state index contributed by atoms with van der Waals surface area (Å²) in [7, 11) is 0. The third kappa shape index (κ3) is 3.37. The van der Waals surface area contributed by atoms with Crippen LogP contribution in [0.1, 0.15) is 36.5 Å². The van der Waals surface area contributed by atoms with Crippen molar-refractivity contribution in [2.45, 2.75) is 19.8 Å². The lowest BCUT2D eigenvalue weighted by atomic mass is 10.0. The number of nitrogens with zero attached hydrogens (tertiary/aromatic N) is 4. The van der Waals surface area contributed by atoms with Crippen LogP contribution in [0.5, 0.6) is 0 Å². The fourth-order valence-corrected chi connectivity index (χ4v) is 3.85. The van der Waals surface area contributed by atoms with E-state index in [-0.39, 0.29) is 28.4 Å². The van der Waals surface area contributed by atoms with Crippen LogP contribution in [0.2, 0.25) is 0 Å². The average Bonchev–Trinajstić information content (AvgIpc) is 3.06. The van der Waals surface area contributed by atoms with Gasteiger partial charge in [-0.3, -0.25) is 30.3 Å². The zero-order valence-corrected chi connectivity index (χ0v) is 17.0. The van der Waals surface area contributed by atoms with Crippen LogP contribution >= 0.6 is 0 Å². The van der Waals surface area contributed by atoms with Crippen molar-refractivity contribution >= 4 is 28.5 Å². The van der Waals surface area contributed by atoms with Crippen molar-refractivity contribution in [3.8, 4) is 11.1 Å². The van der Waals surface area contributed by atoms with Crippen molar-refractivity contribution in [3.63, 3.8) is 0 Å². The predicted molar refractivity (Wildman–Crippen MR) is 118 cm³/mol. The molecule has 0 N–H and O–H groups in total. The lowest BCUT2D eigenvalue weighted by Gasteiger charge is -2.10. The van der Waals surface area contributed by atoms with Crippen molar-refractivity contribution in [2.75, 3.05) is 0 Å². The van der Waals surface area contributed by atoms with Crippen LogP contribution in [0.25, 0.3) is 11.1 Å². The second kappa shape index (κ2) is 7.65. The molecule has 0 saturated carbocycles. The first kappa shape index (κ1) is 20.8. The lowest BCUT2D eigenvalue weighted by molar-refractivity contribution is -0.393. The summed E-state index contributed by atoms with van der Waals surface area (Å²) in [6.45, 7) is 3.96. The molecule has 1 aliphatic rings. The molecule has 0 heterocycles. The number of aliphatic imine (C=N–C) groups is 1. The summed E-state index contributed by atoms with van der Waals surface area (Å²) >= 11 is 0. The van der Waals surface area contributed by atoms with Crippen molar-refractivity contribution in [1.82, 2.24) is 0 Å². The number of nitro benzene ring substituents is 3. The third-order valence-electron chi connectivity index (χ3n) is 5.29. The van der Waals surface area contributed by atoms with Gasteiger partial charge in [-0.25, -0.2) is 4.99 Å². The molecule has 3 aromatic carbocycles. The number of hydrogen-bond acceptors (Lipinski definition) is 7. The van der Waals surface area contributed by atoms with Crippen molar-refractivity contribution < 1.29 is 14.8 Å². The summed E-state index contributed by atoms with van der Waals surface area (Å²) in [5.74, 6) is 0.112. The Kier molecular flexibility index (Phi) is 4.97. The molecule has 10 heteroatoms. The maximum absolute atomic E-state index is 11.8. The van der Waals surface area contributed by atoms with Gasteiger partial charge in [-0.15, -0.1) is 0 Å². The molecule has 0 aliphatic heterocycles. The number of nitro groups is 3. The summed E-state index contributed by atoms with van der Waals surface area (Å²) < 4.78 is 0. The molecule has 0 bridgehead atoms. The Bertz CT molecular complexity index is 1350. The summed E-state index contributed by atoms with van der Waals surface area (Å²) in [4.78, 5) is 37.3. The molecular weight excluding hydrogens is 416 g/mol. The molecule has 0 unspecified atom stereocenters. The van der Waals surface area contributed by atoms with E-state index < -0.39 is 26.1 Å². The molecule has 32 heavy (non-hydrogen) atoms. The van der Waals surface area contributed by atoms with Crippen molar-refractivity contribution in [2.24, 2.45) is 4.99 Å². The summed E-state index contributed by atoms with van der Waals surface area (Å²) in [6.07, 6.45) is 0. The maximum atomic E-state index is 11.8. The highest BCUT2D eigenvalue weighted by molar-refractivity contribution is 6.27. The first-order valence-corrected chi connectivity index (χ1v) is 9.63. The molecule has 0 aromatic heterocycles. The van der Waals surface area contributed by atoms with E-state index >= 15 is 0 Å². The molecule has 3 aromatic rings. The molecule has 160 valence electrons. The van der Waals surface area contributed by atoms with Gasteiger partial charge in [0.1, 0.15) is 0 Å². The Morgan fingerprint density at radius 2 is 1.41 bits per heavy atom. The molecule has 0 amide bonds. The van der Waals surface area contributed by atoms with Gasteiger partial charge < -0.3 is 0 Å². The average molecular weight is 432 g/mol. The normalized spacial score (nSPS) is 13.2. The van der Waals surface area contributed by atoms with E-state index in [1.54, 1.807) is 12.1 Å². The maximum Gasteiger partial charge on any atom is 0.284 e. The van der Waals surface area contributed by atoms with Crippen molar-refractivity contribution in [1.29, 1.82) is 0 Å². The predicted octanol–water partition coefficient (Wildman–Crippen LogP) is 5.68. The number of rotatable bonds is 5. The molecule has 4 rings (SSSR count). The Morgan fingerprint density at radius 1 is 0.750 bits per heavy atom. The number of benzene rings is 3. The van der Waals surface area contributed by atoms with E-state index in [9.17, 15) is 30.3 Å². The van der Waals surface area contributed by atoms with Crippen LogP contribution in [-0.4, -0.2) is 20.5 Å². The van der Waals surface area contributed by atoms with Gasteiger partial charge in [0, 0.05) is 29.3 Å². The Labute approximate surface area is 181 Å².